The van der Waals surface area contributed by atoms with Gasteiger partial charge in [-0.2, -0.15) is 13.2 Å². The number of alkyl halides is 3. The fourth-order valence-electron chi connectivity index (χ4n) is 1.83. The zero-order chi connectivity index (χ0) is 18.2. The van der Waals surface area contributed by atoms with Crippen molar-refractivity contribution in [1.29, 1.82) is 0 Å². The van der Waals surface area contributed by atoms with Crippen molar-refractivity contribution >= 4 is 18.1 Å². The molecule has 3 N–H and O–H groups in total. The van der Waals surface area contributed by atoms with E-state index < -0.39 is 12.1 Å². The summed E-state index contributed by atoms with van der Waals surface area (Å²) in [5.41, 5.74) is 9.52. The highest BCUT2D eigenvalue weighted by molar-refractivity contribution is 5.73. The van der Waals surface area contributed by atoms with Crippen molar-refractivity contribution in [3.05, 3.63) is 71.3 Å². The number of rotatable bonds is 3. The SMILES string of the molecule is C[C@H](N)c1ccccc1/C=C/c1ccccc1.O=C(O)C(F)(F)F. The predicted molar refractivity (Wildman–Crippen MR) is 88.1 cm³/mol. The van der Waals surface area contributed by atoms with Gasteiger partial charge in [-0.3, -0.25) is 0 Å². The minimum atomic E-state index is -5.08. The molecule has 0 aliphatic heterocycles. The van der Waals surface area contributed by atoms with Gasteiger partial charge in [0.05, 0.1) is 0 Å². The zero-order valence-corrected chi connectivity index (χ0v) is 13.0. The summed E-state index contributed by atoms with van der Waals surface area (Å²) in [6.07, 6.45) is -0.852. The normalized spacial score (nSPS) is 12.4. The lowest BCUT2D eigenvalue weighted by atomic mass is 10.0. The highest BCUT2D eigenvalue weighted by atomic mass is 19.4. The van der Waals surface area contributed by atoms with E-state index in [0.717, 1.165) is 0 Å². The number of benzene rings is 2. The van der Waals surface area contributed by atoms with Crippen LogP contribution in [-0.4, -0.2) is 17.3 Å². The van der Waals surface area contributed by atoms with E-state index in [1.54, 1.807) is 0 Å². The van der Waals surface area contributed by atoms with Crippen LogP contribution in [0.2, 0.25) is 0 Å². The number of halogens is 3. The lowest BCUT2D eigenvalue weighted by Crippen LogP contribution is -2.21. The highest BCUT2D eigenvalue weighted by Crippen LogP contribution is 2.18. The minimum absolute atomic E-state index is 0.0617. The van der Waals surface area contributed by atoms with Crippen LogP contribution in [0.3, 0.4) is 0 Å². The summed E-state index contributed by atoms with van der Waals surface area (Å²) < 4.78 is 31.7. The van der Waals surface area contributed by atoms with E-state index in [1.807, 2.05) is 37.3 Å². The Morgan fingerprint density at radius 2 is 1.54 bits per heavy atom. The molecule has 0 aromatic heterocycles. The summed E-state index contributed by atoms with van der Waals surface area (Å²) >= 11 is 0. The second kappa shape index (κ2) is 8.88. The molecule has 0 amide bonds. The molecule has 3 nitrogen and oxygen atoms in total. The van der Waals surface area contributed by atoms with Gasteiger partial charge in [0.25, 0.3) is 0 Å². The van der Waals surface area contributed by atoms with Gasteiger partial charge in [-0.25, -0.2) is 4.79 Å². The molecular formula is C18H18F3NO2. The van der Waals surface area contributed by atoms with Gasteiger partial charge in [-0.1, -0.05) is 66.7 Å². The maximum atomic E-state index is 10.6. The molecule has 6 heteroatoms. The molecule has 0 aliphatic rings. The zero-order valence-electron chi connectivity index (χ0n) is 13.0. The molecule has 0 saturated heterocycles. The van der Waals surface area contributed by atoms with E-state index in [1.165, 1.54) is 16.7 Å². The maximum absolute atomic E-state index is 10.6. The predicted octanol–water partition coefficient (Wildman–Crippen LogP) is 4.51. The average Bonchev–Trinajstić information content (AvgIpc) is 2.54. The van der Waals surface area contributed by atoms with Gasteiger partial charge in [0.2, 0.25) is 0 Å². The molecule has 0 unspecified atom stereocenters. The summed E-state index contributed by atoms with van der Waals surface area (Å²) in [6.45, 7) is 2.01. The average molecular weight is 337 g/mol. The van der Waals surface area contributed by atoms with Crippen LogP contribution >= 0.6 is 0 Å². The fourth-order valence-corrected chi connectivity index (χ4v) is 1.83. The van der Waals surface area contributed by atoms with E-state index >= 15 is 0 Å². The van der Waals surface area contributed by atoms with Gasteiger partial charge in [0, 0.05) is 6.04 Å². The molecule has 2 aromatic carbocycles. The Balaban J connectivity index is 0.000000351. The first-order chi connectivity index (χ1) is 11.2. The van der Waals surface area contributed by atoms with Crippen LogP contribution < -0.4 is 5.73 Å². The van der Waals surface area contributed by atoms with Gasteiger partial charge in [-0.15, -0.1) is 0 Å². The minimum Gasteiger partial charge on any atom is -0.475 e. The first kappa shape index (κ1) is 19.4. The Morgan fingerprint density at radius 1 is 1.04 bits per heavy atom. The lowest BCUT2D eigenvalue weighted by Gasteiger charge is -2.09. The fraction of sp³-hybridized carbons (Fsp3) is 0.167. The molecule has 0 aliphatic carbocycles. The topological polar surface area (TPSA) is 63.3 Å². The van der Waals surface area contributed by atoms with Crippen LogP contribution in [0.4, 0.5) is 13.2 Å². The number of nitrogens with two attached hydrogens (primary N) is 1. The molecule has 0 bridgehead atoms. The molecular weight excluding hydrogens is 319 g/mol. The molecule has 0 saturated carbocycles. The summed E-state index contributed by atoms with van der Waals surface area (Å²) in [7, 11) is 0. The van der Waals surface area contributed by atoms with Crippen molar-refractivity contribution in [2.45, 2.75) is 19.1 Å². The van der Waals surface area contributed by atoms with Crippen molar-refractivity contribution in [3.8, 4) is 0 Å². The van der Waals surface area contributed by atoms with Crippen molar-refractivity contribution in [1.82, 2.24) is 0 Å². The molecule has 24 heavy (non-hydrogen) atoms. The number of hydrogen-bond donors (Lipinski definition) is 2. The molecule has 128 valence electrons. The van der Waals surface area contributed by atoms with Gasteiger partial charge >= 0.3 is 12.1 Å². The summed E-state index contributed by atoms with van der Waals surface area (Å²) in [5.74, 6) is -2.76. The van der Waals surface area contributed by atoms with Crippen LogP contribution in [0.1, 0.15) is 29.7 Å². The summed E-state index contributed by atoms with van der Waals surface area (Å²) in [4.78, 5) is 8.90. The molecule has 0 fully saturated rings. The molecule has 0 spiro atoms. The largest absolute Gasteiger partial charge is 0.490 e. The number of hydrogen-bond acceptors (Lipinski definition) is 2. The van der Waals surface area contributed by atoms with Gasteiger partial charge < -0.3 is 10.8 Å². The first-order valence-corrected chi connectivity index (χ1v) is 7.09. The summed E-state index contributed by atoms with van der Waals surface area (Å²) in [6, 6.07) is 18.6. The molecule has 0 radical (unpaired) electrons. The molecule has 0 heterocycles. The highest BCUT2D eigenvalue weighted by Gasteiger charge is 2.38. The van der Waals surface area contributed by atoms with Gasteiger partial charge in [-0.05, 0) is 23.6 Å². The second-order valence-electron chi connectivity index (χ2n) is 4.96. The van der Waals surface area contributed by atoms with Crippen molar-refractivity contribution in [2.24, 2.45) is 5.73 Å². The van der Waals surface area contributed by atoms with Crippen LogP contribution in [0.5, 0.6) is 0 Å². The van der Waals surface area contributed by atoms with Crippen LogP contribution in [0, 0.1) is 0 Å². The van der Waals surface area contributed by atoms with E-state index in [-0.39, 0.29) is 6.04 Å². The third-order valence-corrected chi connectivity index (χ3v) is 2.98. The van der Waals surface area contributed by atoms with Crippen LogP contribution in [-0.2, 0) is 4.79 Å². The third-order valence-electron chi connectivity index (χ3n) is 2.98. The monoisotopic (exact) mass is 337 g/mol. The van der Waals surface area contributed by atoms with Crippen LogP contribution in [0.25, 0.3) is 12.2 Å². The standard InChI is InChI=1S/C16H17N.C2HF3O2/c1-13(17)16-10-6-5-9-15(16)12-11-14-7-3-2-4-8-14;3-2(4,5)1(6)7/h2-13H,17H2,1H3;(H,6,7)/b12-11+;/t13-;/m0./s1. The Labute approximate surface area is 138 Å². The third kappa shape index (κ3) is 6.66. The van der Waals surface area contributed by atoms with E-state index in [4.69, 9.17) is 15.6 Å². The Kier molecular flexibility index (Phi) is 7.20. The quantitative estimate of drug-likeness (QED) is 0.810. The summed E-state index contributed by atoms with van der Waals surface area (Å²) in [5, 5.41) is 7.12. The van der Waals surface area contributed by atoms with Crippen molar-refractivity contribution in [2.75, 3.05) is 0 Å². The van der Waals surface area contributed by atoms with Gasteiger partial charge in [0.15, 0.2) is 0 Å². The van der Waals surface area contributed by atoms with Crippen molar-refractivity contribution < 1.29 is 23.1 Å². The molecule has 2 aromatic rings. The smallest absolute Gasteiger partial charge is 0.475 e. The number of carbonyl (C=O) groups is 1. The van der Waals surface area contributed by atoms with Crippen LogP contribution in [0.15, 0.2) is 54.6 Å². The van der Waals surface area contributed by atoms with E-state index in [2.05, 4.69) is 36.4 Å². The maximum Gasteiger partial charge on any atom is 0.490 e. The molecule has 2 rings (SSSR count). The Bertz CT molecular complexity index is 680. The first-order valence-electron chi connectivity index (χ1n) is 7.09. The number of aliphatic carboxylic acids is 1. The van der Waals surface area contributed by atoms with E-state index in [0.29, 0.717) is 0 Å². The molecule has 1 atom stereocenters. The number of carboxylic acid groups (broad SMARTS) is 1. The number of carboxylic acids is 1. The Hall–Kier alpha value is -2.60. The second-order valence-corrected chi connectivity index (χ2v) is 4.96. The Morgan fingerprint density at radius 3 is 2.04 bits per heavy atom. The van der Waals surface area contributed by atoms with Gasteiger partial charge in [0.1, 0.15) is 0 Å². The van der Waals surface area contributed by atoms with Crippen molar-refractivity contribution in [3.63, 3.8) is 0 Å². The lowest BCUT2D eigenvalue weighted by molar-refractivity contribution is -0.192. The van der Waals surface area contributed by atoms with E-state index in [9.17, 15) is 13.2 Å².